The molecule has 0 saturated carbocycles. The highest BCUT2D eigenvalue weighted by Crippen LogP contribution is 2.26. The van der Waals surface area contributed by atoms with E-state index >= 15 is 0 Å². The average molecular weight is 208 g/mol. The van der Waals surface area contributed by atoms with E-state index in [2.05, 4.69) is 50.8 Å². The van der Waals surface area contributed by atoms with Crippen LogP contribution in [0.5, 0.6) is 0 Å². The van der Waals surface area contributed by atoms with Gasteiger partial charge in [0.15, 0.2) is 0 Å². The maximum Gasteiger partial charge on any atom is 0.0550 e. The number of aliphatic hydroxyl groups is 1. The molecule has 1 N–H and O–H groups in total. The summed E-state index contributed by atoms with van der Waals surface area (Å²) in [5, 5.41) is 9.44. The van der Waals surface area contributed by atoms with Crippen LogP contribution in [0.25, 0.3) is 0 Å². The summed E-state index contributed by atoms with van der Waals surface area (Å²) >= 11 is 0. The van der Waals surface area contributed by atoms with Gasteiger partial charge in [-0.2, -0.15) is 0 Å². The summed E-state index contributed by atoms with van der Waals surface area (Å²) in [5.74, 6) is 0. The van der Waals surface area contributed by atoms with Crippen molar-refractivity contribution in [3.05, 3.63) is 35.4 Å². The van der Waals surface area contributed by atoms with Gasteiger partial charge in [0.1, 0.15) is 0 Å². The summed E-state index contributed by atoms with van der Waals surface area (Å²) < 4.78 is 0. The second kappa shape index (κ2) is 4.28. The predicted molar refractivity (Wildman–Crippen MR) is 64.4 cm³/mol. The molecule has 0 bridgehead atoms. The number of benzene rings is 1. The Balaban J connectivity index is 3.01. The van der Waals surface area contributed by atoms with Crippen molar-refractivity contribution in [2.75, 3.05) is 6.61 Å². The van der Waals surface area contributed by atoms with Gasteiger partial charge in [-0.1, -0.05) is 49.5 Å². The Morgan fingerprint density at radius 1 is 1.29 bits per heavy atom. The minimum Gasteiger partial charge on any atom is -0.396 e. The lowest BCUT2D eigenvalue weighted by Crippen LogP contribution is -2.33. The van der Waals surface area contributed by atoms with Crippen molar-refractivity contribution in [3.63, 3.8) is 0 Å². The second-order valence-electron chi connectivity index (χ2n) is 5.02. The van der Waals surface area contributed by atoms with Crippen molar-refractivity contribution in [3.8, 4) is 0 Å². The van der Waals surface area contributed by atoms with Gasteiger partial charge in [0.25, 0.3) is 0 Å². The fraction of sp³-hybridized carbons (Fsp3) is 0.500. The van der Waals surface area contributed by atoms with Gasteiger partial charge in [-0.3, -0.25) is 0 Å². The number of aliphatic hydroxyl groups excluding tert-OH is 1. The van der Waals surface area contributed by atoms with Crippen molar-refractivity contribution in [1.82, 2.24) is 0 Å². The standard InChI is InChI=1S/C12H20OSi/c1-10-6-5-7-11(8-10)12(9-13)14(2,3)4/h5-8,12-13H,9H2,1-4H3. The van der Waals surface area contributed by atoms with E-state index in [1.807, 2.05) is 0 Å². The topological polar surface area (TPSA) is 20.2 Å². The molecule has 14 heavy (non-hydrogen) atoms. The lowest BCUT2D eigenvalue weighted by Gasteiger charge is -2.27. The molecule has 0 radical (unpaired) electrons. The van der Waals surface area contributed by atoms with E-state index in [9.17, 15) is 5.11 Å². The Labute approximate surface area is 87.8 Å². The van der Waals surface area contributed by atoms with Gasteiger partial charge in [-0.25, -0.2) is 0 Å². The van der Waals surface area contributed by atoms with Crippen LogP contribution in [-0.2, 0) is 0 Å². The van der Waals surface area contributed by atoms with Crippen molar-refractivity contribution >= 4 is 8.07 Å². The SMILES string of the molecule is Cc1cccc(C(CO)[Si](C)(C)C)c1. The minimum absolute atomic E-state index is 0.277. The van der Waals surface area contributed by atoms with Crippen molar-refractivity contribution in [2.24, 2.45) is 0 Å². The highest BCUT2D eigenvalue weighted by Gasteiger charge is 2.27. The van der Waals surface area contributed by atoms with E-state index in [1.54, 1.807) is 0 Å². The van der Waals surface area contributed by atoms with E-state index in [1.165, 1.54) is 11.1 Å². The smallest absolute Gasteiger partial charge is 0.0550 e. The zero-order chi connectivity index (χ0) is 10.8. The van der Waals surface area contributed by atoms with E-state index < -0.39 is 8.07 Å². The van der Waals surface area contributed by atoms with Gasteiger partial charge >= 0.3 is 0 Å². The first-order valence-corrected chi connectivity index (χ1v) is 8.70. The largest absolute Gasteiger partial charge is 0.396 e. The van der Waals surface area contributed by atoms with Crippen LogP contribution >= 0.6 is 0 Å². The van der Waals surface area contributed by atoms with E-state index in [0.29, 0.717) is 5.54 Å². The van der Waals surface area contributed by atoms with E-state index in [-0.39, 0.29) is 6.61 Å². The Bertz CT molecular complexity index is 301. The third-order valence-corrected chi connectivity index (χ3v) is 5.28. The maximum absolute atomic E-state index is 9.44. The monoisotopic (exact) mass is 208 g/mol. The molecule has 1 rings (SSSR count). The average Bonchev–Trinajstić information content (AvgIpc) is 2.02. The lowest BCUT2D eigenvalue weighted by atomic mass is 10.1. The first-order valence-electron chi connectivity index (χ1n) is 5.12. The fourth-order valence-corrected chi connectivity index (χ4v) is 3.49. The summed E-state index contributed by atoms with van der Waals surface area (Å²) in [4.78, 5) is 0. The molecule has 1 unspecified atom stereocenters. The highest BCUT2D eigenvalue weighted by molar-refractivity contribution is 6.77. The molecular weight excluding hydrogens is 188 g/mol. The zero-order valence-electron chi connectivity index (χ0n) is 9.54. The van der Waals surface area contributed by atoms with Gasteiger partial charge in [0, 0.05) is 12.1 Å². The lowest BCUT2D eigenvalue weighted by molar-refractivity contribution is 0.290. The molecular formula is C12H20OSi. The number of hydrogen-bond donors (Lipinski definition) is 1. The third-order valence-electron chi connectivity index (χ3n) is 2.67. The first kappa shape index (κ1) is 11.5. The summed E-state index contributed by atoms with van der Waals surface area (Å²) in [6.07, 6.45) is 0. The first-order chi connectivity index (χ1) is 6.45. The number of rotatable bonds is 3. The van der Waals surface area contributed by atoms with Crippen LogP contribution in [0.3, 0.4) is 0 Å². The van der Waals surface area contributed by atoms with E-state index in [4.69, 9.17) is 0 Å². The molecule has 0 amide bonds. The normalized spacial score (nSPS) is 14.1. The van der Waals surface area contributed by atoms with Crippen LogP contribution in [0.15, 0.2) is 24.3 Å². The maximum atomic E-state index is 9.44. The molecule has 1 aromatic rings. The zero-order valence-corrected chi connectivity index (χ0v) is 10.5. The molecule has 0 heterocycles. The van der Waals surface area contributed by atoms with Crippen LogP contribution in [0.4, 0.5) is 0 Å². The molecule has 1 aromatic carbocycles. The molecule has 78 valence electrons. The summed E-state index contributed by atoms with van der Waals surface area (Å²) in [5.41, 5.74) is 2.94. The quantitative estimate of drug-likeness (QED) is 0.757. The summed E-state index contributed by atoms with van der Waals surface area (Å²) in [6.45, 7) is 9.28. The molecule has 1 atom stereocenters. The molecule has 0 aliphatic heterocycles. The molecule has 0 fully saturated rings. The van der Waals surface area contributed by atoms with Crippen molar-refractivity contribution in [1.29, 1.82) is 0 Å². The molecule has 2 heteroatoms. The summed E-state index contributed by atoms with van der Waals surface area (Å²) in [7, 11) is -1.30. The predicted octanol–water partition coefficient (Wildman–Crippen LogP) is 2.95. The Morgan fingerprint density at radius 3 is 2.36 bits per heavy atom. The van der Waals surface area contributed by atoms with Crippen LogP contribution in [-0.4, -0.2) is 19.8 Å². The highest BCUT2D eigenvalue weighted by atomic mass is 28.3. The van der Waals surface area contributed by atoms with Gasteiger partial charge in [0.05, 0.1) is 8.07 Å². The molecule has 0 aliphatic rings. The molecule has 0 aromatic heterocycles. The summed E-state index contributed by atoms with van der Waals surface area (Å²) in [6, 6.07) is 8.50. The van der Waals surface area contributed by atoms with Gasteiger partial charge in [-0.05, 0) is 12.5 Å². The second-order valence-corrected chi connectivity index (χ2v) is 10.4. The molecule has 0 aliphatic carbocycles. The minimum atomic E-state index is -1.30. The van der Waals surface area contributed by atoms with Gasteiger partial charge in [0.2, 0.25) is 0 Å². The Morgan fingerprint density at radius 2 is 1.93 bits per heavy atom. The number of aryl methyl sites for hydroxylation is 1. The van der Waals surface area contributed by atoms with Crippen LogP contribution < -0.4 is 0 Å². The van der Waals surface area contributed by atoms with Gasteiger partial charge in [-0.15, -0.1) is 0 Å². The van der Waals surface area contributed by atoms with Crippen molar-refractivity contribution < 1.29 is 5.11 Å². The van der Waals surface area contributed by atoms with Crippen LogP contribution in [0.2, 0.25) is 19.6 Å². The fourth-order valence-electron chi connectivity index (χ4n) is 1.77. The van der Waals surface area contributed by atoms with Crippen LogP contribution in [0.1, 0.15) is 16.7 Å². The van der Waals surface area contributed by atoms with Crippen molar-refractivity contribution in [2.45, 2.75) is 32.1 Å². The Kier molecular flexibility index (Phi) is 3.51. The Hall–Kier alpha value is -0.603. The number of hydrogen-bond acceptors (Lipinski definition) is 1. The molecule has 1 nitrogen and oxygen atoms in total. The molecule has 0 spiro atoms. The molecule has 0 saturated heterocycles. The van der Waals surface area contributed by atoms with E-state index in [0.717, 1.165) is 0 Å². The van der Waals surface area contributed by atoms with Crippen LogP contribution in [0, 0.1) is 6.92 Å². The van der Waals surface area contributed by atoms with Gasteiger partial charge < -0.3 is 5.11 Å². The third kappa shape index (κ3) is 2.69.